The van der Waals surface area contributed by atoms with Crippen LogP contribution in [0.2, 0.25) is 0 Å². The largest absolute Gasteiger partial charge is 0.321 e. The molecule has 20 heavy (non-hydrogen) atoms. The van der Waals surface area contributed by atoms with E-state index in [1.165, 1.54) is 30.6 Å². The first-order valence-corrected chi connectivity index (χ1v) is 8.74. The van der Waals surface area contributed by atoms with E-state index >= 15 is 0 Å². The molecule has 2 rings (SSSR count). The summed E-state index contributed by atoms with van der Waals surface area (Å²) in [5.41, 5.74) is 0. The third kappa shape index (κ3) is 4.78. The Morgan fingerprint density at radius 2 is 2.05 bits per heavy atom. The predicted molar refractivity (Wildman–Crippen MR) is 84.7 cm³/mol. The normalized spacial score (nSPS) is 18.8. The Hall–Kier alpha value is -0.000000000000000139. The Bertz CT molecular complexity index is 427. The van der Waals surface area contributed by atoms with Gasteiger partial charge in [-0.15, -0.1) is 11.3 Å². The summed E-state index contributed by atoms with van der Waals surface area (Å²) in [6.07, 6.45) is 5.31. The van der Waals surface area contributed by atoms with Crippen LogP contribution in [-0.4, -0.2) is 21.9 Å². The molecule has 112 valence electrons. The van der Waals surface area contributed by atoms with Crippen molar-refractivity contribution < 1.29 is 10.1 Å². The highest BCUT2D eigenvalue weighted by atomic mass is 35.6. The van der Waals surface area contributed by atoms with Crippen LogP contribution < -0.4 is 10.6 Å². The van der Waals surface area contributed by atoms with Crippen LogP contribution >= 0.6 is 46.1 Å². The fraction of sp³-hybridized carbons (Fsp3) is 0.615. The van der Waals surface area contributed by atoms with Gasteiger partial charge in [-0.3, -0.25) is 10.1 Å². The van der Waals surface area contributed by atoms with Gasteiger partial charge in [-0.25, -0.2) is 0 Å². The van der Waals surface area contributed by atoms with Crippen molar-refractivity contribution in [2.75, 3.05) is 0 Å². The maximum absolute atomic E-state index is 12.1. The first kappa shape index (κ1) is 16.4. The zero-order valence-corrected chi connectivity index (χ0v) is 14.0. The molecule has 0 spiro atoms. The fourth-order valence-corrected chi connectivity index (χ4v) is 3.47. The monoisotopic (exact) mass is 355 g/mol. The van der Waals surface area contributed by atoms with Gasteiger partial charge in [-0.2, -0.15) is 0 Å². The van der Waals surface area contributed by atoms with Gasteiger partial charge < -0.3 is 5.32 Å². The zero-order valence-electron chi connectivity index (χ0n) is 11.0. The van der Waals surface area contributed by atoms with Gasteiger partial charge in [0.2, 0.25) is 6.17 Å². The molecule has 1 amide bonds. The Morgan fingerprint density at radius 3 is 2.60 bits per heavy atom. The molecule has 0 bridgehead atoms. The number of alkyl halides is 3. The highest BCUT2D eigenvalue weighted by molar-refractivity contribution is 7.12. The maximum atomic E-state index is 12.1. The molecule has 0 aliphatic heterocycles. The molecule has 7 heteroatoms. The van der Waals surface area contributed by atoms with Gasteiger partial charge in [-0.1, -0.05) is 47.3 Å². The van der Waals surface area contributed by atoms with Crippen molar-refractivity contribution in [1.29, 1.82) is 0 Å². The first-order valence-electron chi connectivity index (χ1n) is 6.73. The summed E-state index contributed by atoms with van der Waals surface area (Å²) in [5.74, 6) is -0.191. The summed E-state index contributed by atoms with van der Waals surface area (Å²) in [6.45, 7) is 0. The summed E-state index contributed by atoms with van der Waals surface area (Å²) >= 11 is 19.4. The number of nitrogens with two attached hydrogens (primary N) is 1. The summed E-state index contributed by atoms with van der Waals surface area (Å²) in [6, 6.07) is 4.00. The van der Waals surface area contributed by atoms with E-state index in [1.807, 2.05) is 16.8 Å². The molecule has 0 unspecified atom stereocenters. The molecule has 1 aromatic rings. The van der Waals surface area contributed by atoms with Crippen LogP contribution in [0.3, 0.4) is 0 Å². The van der Waals surface area contributed by atoms with Crippen molar-refractivity contribution in [2.24, 2.45) is 0 Å². The van der Waals surface area contributed by atoms with E-state index in [2.05, 4.69) is 5.32 Å². The van der Waals surface area contributed by atoms with Crippen LogP contribution in [0, 0.1) is 0 Å². The van der Waals surface area contributed by atoms with Crippen LogP contribution in [0.4, 0.5) is 0 Å². The molecule has 0 aromatic carbocycles. The lowest BCUT2D eigenvalue weighted by Gasteiger charge is -2.29. The number of hydrogen-bond donors (Lipinski definition) is 2. The minimum Gasteiger partial charge on any atom is -0.321 e. The number of nitrogens with one attached hydrogen (secondary N) is 1. The van der Waals surface area contributed by atoms with Crippen molar-refractivity contribution in [3.63, 3.8) is 0 Å². The Labute approximate surface area is 138 Å². The number of thiophene rings is 1. The van der Waals surface area contributed by atoms with E-state index in [9.17, 15) is 4.79 Å². The highest BCUT2D eigenvalue weighted by Gasteiger charge is 2.39. The smallest absolute Gasteiger partial charge is 0.265 e. The lowest BCUT2D eigenvalue weighted by atomic mass is 9.95. The molecule has 3 nitrogen and oxygen atoms in total. The zero-order chi connectivity index (χ0) is 14.6. The lowest BCUT2D eigenvalue weighted by Crippen LogP contribution is -3.00. The van der Waals surface area contributed by atoms with E-state index in [1.54, 1.807) is 6.07 Å². The number of halogens is 3. The number of amides is 1. The van der Waals surface area contributed by atoms with Crippen molar-refractivity contribution >= 4 is 52.0 Å². The summed E-state index contributed by atoms with van der Waals surface area (Å²) in [7, 11) is 0. The molecular formula is C13H18Cl3N2OS+. The van der Waals surface area contributed by atoms with Crippen LogP contribution in [0.25, 0.3) is 0 Å². The SMILES string of the molecule is O=C(N[C@@H]([NH2+]C1CCCCC1)C(Cl)(Cl)Cl)c1cccs1. The summed E-state index contributed by atoms with van der Waals surface area (Å²) in [4.78, 5) is 12.7. The molecule has 1 atom stereocenters. The second kappa shape index (κ2) is 7.32. The van der Waals surface area contributed by atoms with Crippen LogP contribution in [0.15, 0.2) is 17.5 Å². The number of quaternary nitrogens is 1. The van der Waals surface area contributed by atoms with Gasteiger partial charge in [0, 0.05) is 0 Å². The van der Waals surface area contributed by atoms with E-state index in [0.717, 1.165) is 12.8 Å². The lowest BCUT2D eigenvalue weighted by molar-refractivity contribution is -0.726. The predicted octanol–water partition coefficient (Wildman–Crippen LogP) is 3.07. The highest BCUT2D eigenvalue weighted by Crippen LogP contribution is 2.28. The van der Waals surface area contributed by atoms with Crippen LogP contribution in [0.5, 0.6) is 0 Å². The van der Waals surface area contributed by atoms with Crippen LogP contribution in [-0.2, 0) is 0 Å². The topological polar surface area (TPSA) is 45.7 Å². The van der Waals surface area contributed by atoms with E-state index in [0.29, 0.717) is 10.9 Å². The molecule has 3 N–H and O–H groups in total. The Kier molecular flexibility index (Phi) is 5.99. The van der Waals surface area contributed by atoms with Gasteiger partial charge in [0.05, 0.1) is 10.9 Å². The van der Waals surface area contributed by atoms with Gasteiger partial charge in [0.25, 0.3) is 9.70 Å². The number of carbonyl (C=O) groups excluding carboxylic acids is 1. The quantitative estimate of drug-likeness (QED) is 0.632. The molecular weight excluding hydrogens is 339 g/mol. The molecule has 1 aliphatic carbocycles. The molecule has 1 aromatic heterocycles. The van der Waals surface area contributed by atoms with Gasteiger partial charge in [0.1, 0.15) is 0 Å². The van der Waals surface area contributed by atoms with Gasteiger partial charge in [-0.05, 0) is 37.1 Å². The van der Waals surface area contributed by atoms with Crippen molar-refractivity contribution in [1.82, 2.24) is 5.32 Å². The number of hydrogen-bond acceptors (Lipinski definition) is 2. The second-order valence-electron chi connectivity index (χ2n) is 5.06. The van der Waals surface area contributed by atoms with Crippen LogP contribution in [0.1, 0.15) is 41.8 Å². The minimum absolute atomic E-state index is 0.191. The molecule has 1 saturated carbocycles. The summed E-state index contributed by atoms with van der Waals surface area (Å²) < 4.78 is -1.52. The molecule has 0 saturated heterocycles. The third-order valence-corrected chi connectivity index (χ3v) is 5.07. The minimum atomic E-state index is -1.52. The fourth-order valence-electron chi connectivity index (χ4n) is 2.46. The average Bonchev–Trinajstić information content (AvgIpc) is 2.92. The van der Waals surface area contributed by atoms with E-state index in [4.69, 9.17) is 34.8 Å². The number of carbonyl (C=O) groups is 1. The summed E-state index contributed by atoms with van der Waals surface area (Å²) in [5, 5.41) is 6.68. The van der Waals surface area contributed by atoms with Gasteiger partial charge >= 0.3 is 0 Å². The molecule has 1 fully saturated rings. The van der Waals surface area contributed by atoms with Gasteiger partial charge in [0.15, 0.2) is 0 Å². The van der Waals surface area contributed by atoms with E-state index in [-0.39, 0.29) is 5.91 Å². The molecule has 1 heterocycles. The molecule has 1 aliphatic rings. The maximum Gasteiger partial charge on any atom is 0.265 e. The third-order valence-electron chi connectivity index (χ3n) is 3.50. The Balaban J connectivity index is 1.98. The first-order chi connectivity index (χ1) is 9.47. The number of rotatable bonds is 4. The van der Waals surface area contributed by atoms with E-state index < -0.39 is 9.96 Å². The second-order valence-corrected chi connectivity index (χ2v) is 8.38. The van der Waals surface area contributed by atoms with Crippen molar-refractivity contribution in [2.45, 2.75) is 48.1 Å². The van der Waals surface area contributed by atoms with Crippen molar-refractivity contribution in [3.8, 4) is 0 Å². The standard InChI is InChI=1S/C13H17Cl3N2OS/c14-13(15,16)12(17-9-5-2-1-3-6-9)18-11(19)10-7-4-8-20-10/h4,7-9,12,17H,1-3,5-6H2,(H,18,19)/p+1/t12-/m1/s1. The average molecular weight is 357 g/mol. The molecule has 0 radical (unpaired) electrons. The van der Waals surface area contributed by atoms with Crippen molar-refractivity contribution in [3.05, 3.63) is 22.4 Å². The Morgan fingerprint density at radius 1 is 1.35 bits per heavy atom.